The van der Waals surface area contributed by atoms with Gasteiger partial charge in [0.15, 0.2) is 5.78 Å². The second-order valence-electron chi connectivity index (χ2n) is 1.57. The summed E-state index contributed by atoms with van der Waals surface area (Å²) in [4.78, 5) is 14.3. The molecular formula is C5H3ClINO. The van der Waals surface area contributed by atoms with Gasteiger partial charge in [0.25, 0.3) is 0 Å². The van der Waals surface area contributed by atoms with Crippen molar-refractivity contribution in [2.24, 2.45) is 4.99 Å². The van der Waals surface area contributed by atoms with Gasteiger partial charge in [0, 0.05) is 0 Å². The summed E-state index contributed by atoms with van der Waals surface area (Å²) in [6.07, 6.45) is 1.50. The molecule has 0 aromatic carbocycles. The summed E-state index contributed by atoms with van der Waals surface area (Å²) in [6.45, 7) is 0.200. The van der Waals surface area contributed by atoms with Gasteiger partial charge in [0.2, 0.25) is 0 Å². The number of carbonyl (C=O) groups is 1. The maximum absolute atomic E-state index is 10.6. The quantitative estimate of drug-likeness (QED) is 0.604. The van der Waals surface area contributed by atoms with Gasteiger partial charge >= 0.3 is 0 Å². The number of carbonyl (C=O) groups excluding carboxylic acids is 1. The SMILES string of the molecule is O=C1C=C(I)C(Cl)=NC1. The lowest BCUT2D eigenvalue weighted by Gasteiger charge is -2.00. The van der Waals surface area contributed by atoms with Gasteiger partial charge < -0.3 is 0 Å². The molecule has 0 aromatic rings. The molecule has 0 unspecified atom stereocenters. The summed E-state index contributed by atoms with van der Waals surface area (Å²) in [6, 6.07) is 0. The van der Waals surface area contributed by atoms with E-state index in [4.69, 9.17) is 11.6 Å². The Morgan fingerprint density at radius 2 is 2.44 bits per heavy atom. The molecule has 0 N–H and O–H groups in total. The molecule has 0 saturated carbocycles. The minimum absolute atomic E-state index is 0.0174. The van der Waals surface area contributed by atoms with Gasteiger partial charge in [-0.25, -0.2) is 0 Å². The molecule has 0 bridgehead atoms. The highest BCUT2D eigenvalue weighted by Gasteiger charge is 2.08. The molecule has 0 aliphatic carbocycles. The zero-order valence-corrected chi connectivity index (χ0v) is 7.31. The van der Waals surface area contributed by atoms with Crippen molar-refractivity contribution in [3.8, 4) is 0 Å². The van der Waals surface area contributed by atoms with Gasteiger partial charge in [-0.3, -0.25) is 9.79 Å². The maximum atomic E-state index is 10.6. The third-order valence-electron chi connectivity index (χ3n) is 0.858. The molecule has 48 valence electrons. The smallest absolute Gasteiger partial charge is 0.178 e. The first-order valence-corrected chi connectivity index (χ1v) is 3.76. The van der Waals surface area contributed by atoms with E-state index >= 15 is 0 Å². The standard InChI is InChI=1S/C5H3ClINO/c6-5-4(7)1-3(9)2-8-5/h1H,2H2. The molecule has 0 amide bonds. The van der Waals surface area contributed by atoms with Gasteiger partial charge in [0.1, 0.15) is 11.7 Å². The number of hydrogen-bond acceptors (Lipinski definition) is 2. The highest BCUT2D eigenvalue weighted by molar-refractivity contribution is 14.1. The van der Waals surface area contributed by atoms with Gasteiger partial charge in [0.05, 0.1) is 3.58 Å². The third-order valence-corrected chi connectivity index (χ3v) is 2.32. The second kappa shape index (κ2) is 2.79. The zero-order chi connectivity index (χ0) is 6.85. The van der Waals surface area contributed by atoms with Gasteiger partial charge in [-0.15, -0.1) is 0 Å². The Kier molecular flexibility index (Phi) is 2.23. The van der Waals surface area contributed by atoms with Crippen molar-refractivity contribution in [2.75, 3.05) is 6.54 Å². The van der Waals surface area contributed by atoms with E-state index in [1.165, 1.54) is 6.08 Å². The lowest BCUT2D eigenvalue weighted by molar-refractivity contribution is -0.113. The molecule has 0 spiro atoms. The van der Waals surface area contributed by atoms with Crippen LogP contribution in [0.15, 0.2) is 14.6 Å². The molecule has 2 nitrogen and oxygen atoms in total. The van der Waals surface area contributed by atoms with Crippen molar-refractivity contribution in [3.63, 3.8) is 0 Å². The van der Waals surface area contributed by atoms with Crippen LogP contribution in [0.3, 0.4) is 0 Å². The van der Waals surface area contributed by atoms with Crippen molar-refractivity contribution < 1.29 is 4.79 Å². The first-order valence-electron chi connectivity index (χ1n) is 2.30. The predicted molar refractivity (Wildman–Crippen MR) is 45.3 cm³/mol. The lowest BCUT2D eigenvalue weighted by Crippen LogP contribution is -2.07. The number of rotatable bonds is 0. The van der Waals surface area contributed by atoms with Crippen LogP contribution in [0.2, 0.25) is 0 Å². The first-order chi connectivity index (χ1) is 4.20. The third kappa shape index (κ3) is 1.76. The Morgan fingerprint density at radius 3 is 2.89 bits per heavy atom. The summed E-state index contributed by atoms with van der Waals surface area (Å²) in [5.74, 6) is 0.0174. The fourth-order valence-corrected chi connectivity index (χ4v) is 1.10. The normalized spacial score (nSPS) is 19.1. The Hall–Kier alpha value is 0.1000. The number of nitrogens with zero attached hydrogens (tertiary/aromatic N) is 1. The van der Waals surface area contributed by atoms with E-state index in [2.05, 4.69) is 4.99 Å². The lowest BCUT2D eigenvalue weighted by atomic mass is 10.3. The van der Waals surface area contributed by atoms with Crippen molar-refractivity contribution >= 4 is 45.1 Å². The summed E-state index contributed by atoms with van der Waals surface area (Å²) in [5.41, 5.74) is 0. The molecule has 1 heterocycles. The van der Waals surface area contributed by atoms with Crippen LogP contribution in [0.5, 0.6) is 0 Å². The van der Waals surface area contributed by atoms with E-state index in [1.807, 2.05) is 22.6 Å². The van der Waals surface area contributed by atoms with Gasteiger partial charge in [-0.05, 0) is 28.7 Å². The number of hydrogen-bond donors (Lipinski definition) is 0. The van der Waals surface area contributed by atoms with Crippen molar-refractivity contribution in [1.29, 1.82) is 0 Å². The van der Waals surface area contributed by atoms with E-state index in [9.17, 15) is 4.79 Å². The van der Waals surface area contributed by atoms with Crippen LogP contribution in [-0.2, 0) is 4.79 Å². The summed E-state index contributed by atoms with van der Waals surface area (Å²) >= 11 is 7.53. The number of ketones is 1. The Balaban J connectivity index is 2.87. The van der Waals surface area contributed by atoms with Crippen LogP contribution in [0.1, 0.15) is 0 Å². The fourth-order valence-electron chi connectivity index (χ4n) is 0.469. The zero-order valence-electron chi connectivity index (χ0n) is 4.40. The van der Waals surface area contributed by atoms with Crippen LogP contribution in [-0.4, -0.2) is 17.5 Å². The van der Waals surface area contributed by atoms with E-state index < -0.39 is 0 Å². The number of dihydropyridines is 1. The molecule has 1 rings (SSSR count). The second-order valence-corrected chi connectivity index (χ2v) is 3.09. The van der Waals surface area contributed by atoms with E-state index in [-0.39, 0.29) is 12.3 Å². The number of aliphatic imine (C=N–C) groups is 1. The molecule has 0 fully saturated rings. The molecular weight excluding hydrogens is 252 g/mol. The van der Waals surface area contributed by atoms with Crippen LogP contribution in [0.4, 0.5) is 0 Å². The Labute approximate surface area is 71.1 Å². The molecule has 9 heavy (non-hydrogen) atoms. The monoisotopic (exact) mass is 255 g/mol. The summed E-state index contributed by atoms with van der Waals surface area (Å²) in [5, 5.41) is 0.440. The van der Waals surface area contributed by atoms with Crippen molar-refractivity contribution in [2.45, 2.75) is 0 Å². The van der Waals surface area contributed by atoms with Gasteiger partial charge in [-0.2, -0.15) is 0 Å². The molecule has 4 heteroatoms. The molecule has 0 atom stereocenters. The van der Waals surface area contributed by atoms with Crippen LogP contribution in [0, 0.1) is 0 Å². The van der Waals surface area contributed by atoms with Crippen LogP contribution < -0.4 is 0 Å². The Morgan fingerprint density at radius 1 is 1.78 bits per heavy atom. The van der Waals surface area contributed by atoms with Gasteiger partial charge in [-0.1, -0.05) is 11.6 Å². The van der Waals surface area contributed by atoms with E-state index in [1.54, 1.807) is 0 Å². The highest BCUT2D eigenvalue weighted by Crippen LogP contribution is 2.14. The average Bonchev–Trinajstić information content (AvgIpc) is 1.80. The average molecular weight is 255 g/mol. The largest absolute Gasteiger partial charge is 0.293 e. The number of halogens is 2. The predicted octanol–water partition coefficient (Wildman–Crippen LogP) is 1.53. The minimum atomic E-state index is 0.0174. The molecule has 0 saturated heterocycles. The van der Waals surface area contributed by atoms with Crippen molar-refractivity contribution in [3.05, 3.63) is 9.66 Å². The minimum Gasteiger partial charge on any atom is -0.293 e. The van der Waals surface area contributed by atoms with E-state index in [0.717, 1.165) is 3.58 Å². The fraction of sp³-hybridized carbons (Fsp3) is 0.200. The van der Waals surface area contributed by atoms with Crippen molar-refractivity contribution in [1.82, 2.24) is 0 Å². The van der Waals surface area contributed by atoms with Crippen LogP contribution in [0.25, 0.3) is 0 Å². The summed E-state index contributed by atoms with van der Waals surface area (Å²) in [7, 11) is 0. The molecule has 1 aliphatic rings. The van der Waals surface area contributed by atoms with Crippen LogP contribution >= 0.6 is 34.2 Å². The molecule has 0 aromatic heterocycles. The summed E-state index contributed by atoms with van der Waals surface area (Å²) < 4.78 is 0.727. The van der Waals surface area contributed by atoms with E-state index in [0.29, 0.717) is 5.17 Å². The topological polar surface area (TPSA) is 29.4 Å². The molecule has 1 aliphatic heterocycles. The first kappa shape index (κ1) is 7.21. The molecule has 0 radical (unpaired) electrons. The Bertz CT molecular complexity index is 209. The number of allylic oxidation sites excluding steroid dienone is 1. The maximum Gasteiger partial charge on any atom is 0.178 e. The highest BCUT2D eigenvalue weighted by atomic mass is 127.